The first-order valence-corrected chi connectivity index (χ1v) is 8.16. The van der Waals surface area contributed by atoms with Gasteiger partial charge in [-0.3, -0.25) is 0 Å². The van der Waals surface area contributed by atoms with Crippen LogP contribution in [0.5, 0.6) is 0 Å². The summed E-state index contributed by atoms with van der Waals surface area (Å²) in [6.45, 7) is 8.63. The van der Waals surface area contributed by atoms with Gasteiger partial charge in [0.15, 0.2) is 0 Å². The third-order valence-corrected chi connectivity index (χ3v) is 4.81. The van der Waals surface area contributed by atoms with E-state index in [-0.39, 0.29) is 0 Å². The summed E-state index contributed by atoms with van der Waals surface area (Å²) in [7, 11) is 0. The fourth-order valence-electron chi connectivity index (χ4n) is 1.59. The van der Waals surface area contributed by atoms with Crippen LogP contribution in [0.4, 0.5) is 0 Å². The van der Waals surface area contributed by atoms with Crippen LogP contribution in [0.15, 0.2) is 23.1 Å². The molecule has 102 valence electrons. The van der Waals surface area contributed by atoms with E-state index in [0.717, 1.165) is 36.2 Å². The summed E-state index contributed by atoms with van der Waals surface area (Å²) >= 11 is 8.23. The van der Waals surface area contributed by atoms with Crippen molar-refractivity contribution in [1.29, 1.82) is 0 Å². The quantitative estimate of drug-likeness (QED) is 0.534. The SMILES string of the molecule is CCCNCc1c(Cl)cccc1SCC(C)CC. The molecule has 0 amide bonds. The molecule has 1 nitrogen and oxygen atoms in total. The molecule has 0 heterocycles. The molecule has 0 radical (unpaired) electrons. The van der Waals surface area contributed by atoms with Crippen LogP contribution in [0.25, 0.3) is 0 Å². The largest absolute Gasteiger partial charge is 0.313 e. The molecule has 1 rings (SSSR count). The highest BCUT2D eigenvalue weighted by molar-refractivity contribution is 7.99. The van der Waals surface area contributed by atoms with Crippen LogP contribution in [-0.4, -0.2) is 12.3 Å². The lowest BCUT2D eigenvalue weighted by atomic mass is 10.2. The second-order valence-electron chi connectivity index (χ2n) is 4.72. The van der Waals surface area contributed by atoms with Crippen LogP contribution in [0, 0.1) is 5.92 Å². The maximum Gasteiger partial charge on any atom is 0.0462 e. The zero-order chi connectivity index (χ0) is 13.4. The first-order valence-electron chi connectivity index (χ1n) is 6.79. The smallest absolute Gasteiger partial charge is 0.0462 e. The van der Waals surface area contributed by atoms with Gasteiger partial charge in [0.2, 0.25) is 0 Å². The summed E-state index contributed by atoms with van der Waals surface area (Å²) in [5, 5.41) is 4.32. The minimum absolute atomic E-state index is 0.755. The Morgan fingerprint density at radius 3 is 2.78 bits per heavy atom. The fourth-order valence-corrected chi connectivity index (χ4v) is 3.11. The number of nitrogens with one attached hydrogen (secondary N) is 1. The molecule has 0 saturated carbocycles. The van der Waals surface area contributed by atoms with Gasteiger partial charge in [-0.25, -0.2) is 0 Å². The summed E-state index contributed by atoms with van der Waals surface area (Å²) in [5.41, 5.74) is 1.25. The molecule has 0 fully saturated rings. The molecule has 0 aliphatic heterocycles. The summed E-state index contributed by atoms with van der Waals surface area (Å²) in [6.07, 6.45) is 2.39. The second-order valence-corrected chi connectivity index (χ2v) is 6.19. The molecule has 1 unspecified atom stereocenters. The minimum Gasteiger partial charge on any atom is -0.313 e. The average molecular weight is 286 g/mol. The van der Waals surface area contributed by atoms with Crippen molar-refractivity contribution in [2.75, 3.05) is 12.3 Å². The Bertz CT molecular complexity index is 354. The van der Waals surface area contributed by atoms with Crippen LogP contribution >= 0.6 is 23.4 Å². The summed E-state index contributed by atoms with van der Waals surface area (Å²) in [6, 6.07) is 6.21. The number of thioether (sulfide) groups is 1. The van der Waals surface area contributed by atoms with Crippen LogP contribution in [0.3, 0.4) is 0 Å². The van der Waals surface area contributed by atoms with E-state index >= 15 is 0 Å². The molecule has 1 atom stereocenters. The molecular formula is C15H24ClNS. The Hall–Kier alpha value is -0.180. The molecule has 0 aromatic heterocycles. The highest BCUT2D eigenvalue weighted by Gasteiger charge is 2.08. The first kappa shape index (κ1) is 15.9. The van der Waals surface area contributed by atoms with Gasteiger partial charge in [0.25, 0.3) is 0 Å². The number of hydrogen-bond donors (Lipinski definition) is 1. The minimum atomic E-state index is 0.755. The number of rotatable bonds is 8. The molecule has 0 bridgehead atoms. The predicted molar refractivity (Wildman–Crippen MR) is 83.6 cm³/mol. The third kappa shape index (κ3) is 5.21. The van der Waals surface area contributed by atoms with Crippen LogP contribution in [0.2, 0.25) is 5.02 Å². The van der Waals surface area contributed by atoms with Crippen molar-refractivity contribution in [3.05, 3.63) is 28.8 Å². The number of hydrogen-bond acceptors (Lipinski definition) is 2. The lowest BCUT2D eigenvalue weighted by molar-refractivity contribution is 0.636. The zero-order valence-corrected chi connectivity index (χ0v) is 13.2. The Kier molecular flexibility index (Phi) is 7.80. The third-order valence-electron chi connectivity index (χ3n) is 3.02. The van der Waals surface area contributed by atoms with E-state index in [1.54, 1.807) is 0 Å². The number of benzene rings is 1. The molecule has 18 heavy (non-hydrogen) atoms. The Balaban J connectivity index is 2.67. The van der Waals surface area contributed by atoms with Gasteiger partial charge in [-0.15, -0.1) is 11.8 Å². The van der Waals surface area contributed by atoms with Crippen molar-refractivity contribution in [3.8, 4) is 0 Å². The molecular weight excluding hydrogens is 262 g/mol. The molecule has 0 saturated heterocycles. The highest BCUT2D eigenvalue weighted by Crippen LogP contribution is 2.30. The van der Waals surface area contributed by atoms with E-state index in [0.29, 0.717) is 0 Å². The maximum atomic E-state index is 6.30. The van der Waals surface area contributed by atoms with Crippen molar-refractivity contribution in [3.63, 3.8) is 0 Å². The Labute approximate surface area is 121 Å². The summed E-state index contributed by atoms with van der Waals surface area (Å²) < 4.78 is 0. The monoisotopic (exact) mass is 285 g/mol. The van der Waals surface area contributed by atoms with Gasteiger partial charge in [-0.2, -0.15) is 0 Å². The van der Waals surface area contributed by atoms with Crippen molar-refractivity contribution < 1.29 is 0 Å². The standard InChI is InChI=1S/C15H24ClNS/c1-4-9-17-10-13-14(16)7-6-8-15(13)18-11-12(3)5-2/h6-8,12,17H,4-5,9-11H2,1-3H3. The van der Waals surface area contributed by atoms with E-state index in [1.165, 1.54) is 16.9 Å². The van der Waals surface area contributed by atoms with Gasteiger partial charge in [0.05, 0.1) is 0 Å². The molecule has 3 heteroatoms. The van der Waals surface area contributed by atoms with E-state index in [2.05, 4.69) is 32.2 Å². The van der Waals surface area contributed by atoms with Gasteiger partial charge in [0, 0.05) is 22.2 Å². The average Bonchev–Trinajstić information content (AvgIpc) is 2.38. The fraction of sp³-hybridized carbons (Fsp3) is 0.600. The van der Waals surface area contributed by atoms with E-state index in [9.17, 15) is 0 Å². The van der Waals surface area contributed by atoms with Gasteiger partial charge >= 0.3 is 0 Å². The van der Waals surface area contributed by atoms with Crippen LogP contribution in [0.1, 0.15) is 39.2 Å². The first-order chi connectivity index (χ1) is 8.69. The van der Waals surface area contributed by atoms with Gasteiger partial charge < -0.3 is 5.32 Å². The van der Waals surface area contributed by atoms with Gasteiger partial charge in [0.1, 0.15) is 0 Å². The van der Waals surface area contributed by atoms with Gasteiger partial charge in [-0.05, 0) is 36.6 Å². The second kappa shape index (κ2) is 8.84. The van der Waals surface area contributed by atoms with Crippen molar-refractivity contribution in [2.24, 2.45) is 5.92 Å². The molecule has 1 N–H and O–H groups in total. The zero-order valence-electron chi connectivity index (χ0n) is 11.6. The lowest BCUT2D eigenvalue weighted by Crippen LogP contribution is -2.14. The lowest BCUT2D eigenvalue weighted by Gasteiger charge is -2.13. The molecule has 0 spiro atoms. The van der Waals surface area contributed by atoms with Crippen LogP contribution < -0.4 is 5.32 Å². The Morgan fingerprint density at radius 1 is 1.33 bits per heavy atom. The molecule has 1 aromatic carbocycles. The Morgan fingerprint density at radius 2 is 2.11 bits per heavy atom. The van der Waals surface area contributed by atoms with E-state index in [4.69, 9.17) is 11.6 Å². The van der Waals surface area contributed by atoms with Crippen LogP contribution in [-0.2, 0) is 6.54 Å². The predicted octanol–water partition coefficient (Wildman–Crippen LogP) is 4.98. The maximum absolute atomic E-state index is 6.30. The molecule has 1 aromatic rings. The van der Waals surface area contributed by atoms with E-state index in [1.807, 2.05) is 23.9 Å². The summed E-state index contributed by atoms with van der Waals surface area (Å²) in [4.78, 5) is 1.33. The summed E-state index contributed by atoms with van der Waals surface area (Å²) in [5.74, 6) is 1.92. The van der Waals surface area contributed by atoms with Crippen molar-refractivity contribution in [1.82, 2.24) is 5.32 Å². The molecule has 0 aliphatic carbocycles. The van der Waals surface area contributed by atoms with E-state index < -0.39 is 0 Å². The topological polar surface area (TPSA) is 12.0 Å². The van der Waals surface area contributed by atoms with Crippen molar-refractivity contribution >= 4 is 23.4 Å². The molecule has 0 aliphatic rings. The van der Waals surface area contributed by atoms with Crippen molar-refractivity contribution in [2.45, 2.75) is 45.1 Å². The normalized spacial score (nSPS) is 12.7. The highest BCUT2D eigenvalue weighted by atomic mass is 35.5. The number of halogens is 1. The van der Waals surface area contributed by atoms with Gasteiger partial charge in [-0.1, -0.05) is 44.9 Å².